The van der Waals surface area contributed by atoms with Gasteiger partial charge in [-0.15, -0.1) is 0 Å². The van der Waals surface area contributed by atoms with E-state index in [4.69, 9.17) is 4.74 Å². The summed E-state index contributed by atoms with van der Waals surface area (Å²) >= 11 is 0. The van der Waals surface area contributed by atoms with Gasteiger partial charge in [-0.1, -0.05) is 17.7 Å². The maximum Gasteiger partial charge on any atom is 0.213 e. The highest BCUT2D eigenvalue weighted by molar-refractivity contribution is 7.89. The number of benzene rings is 1. The summed E-state index contributed by atoms with van der Waals surface area (Å²) in [5, 5.41) is 0. The molecule has 0 radical (unpaired) electrons. The Bertz CT molecular complexity index is 483. The van der Waals surface area contributed by atoms with Crippen LogP contribution in [0.4, 0.5) is 0 Å². The minimum absolute atomic E-state index is 0.109. The van der Waals surface area contributed by atoms with E-state index in [1.165, 1.54) is 4.31 Å². The molecule has 0 amide bonds. The molecular formula is C12H19NO3S. The molecule has 0 saturated heterocycles. The van der Waals surface area contributed by atoms with E-state index in [0.717, 1.165) is 11.1 Å². The van der Waals surface area contributed by atoms with Crippen LogP contribution in [0.5, 0.6) is 5.75 Å². The van der Waals surface area contributed by atoms with Crippen LogP contribution < -0.4 is 4.74 Å². The Morgan fingerprint density at radius 3 is 2.53 bits per heavy atom. The molecule has 1 rings (SSSR count). The minimum atomic E-state index is -3.16. The van der Waals surface area contributed by atoms with Crippen LogP contribution in [0.25, 0.3) is 0 Å². The Labute approximate surface area is 103 Å². The van der Waals surface area contributed by atoms with Crippen molar-refractivity contribution in [2.45, 2.75) is 20.4 Å². The van der Waals surface area contributed by atoms with Crippen molar-refractivity contribution in [3.8, 4) is 5.75 Å². The minimum Gasteiger partial charge on any atom is -0.496 e. The molecule has 0 unspecified atom stereocenters. The lowest BCUT2D eigenvalue weighted by atomic mass is 10.1. The Morgan fingerprint density at radius 1 is 1.35 bits per heavy atom. The van der Waals surface area contributed by atoms with Crippen molar-refractivity contribution >= 4 is 10.0 Å². The van der Waals surface area contributed by atoms with Crippen LogP contribution in [0.3, 0.4) is 0 Å². The first-order valence-corrected chi connectivity index (χ1v) is 7.09. The first-order valence-electron chi connectivity index (χ1n) is 5.48. The molecule has 0 aromatic heterocycles. The van der Waals surface area contributed by atoms with Crippen LogP contribution in [-0.4, -0.2) is 32.6 Å². The molecule has 0 aliphatic rings. The van der Waals surface area contributed by atoms with Crippen LogP contribution in [0.1, 0.15) is 18.1 Å². The molecule has 0 atom stereocenters. The molecule has 1 aromatic carbocycles. The second kappa shape index (κ2) is 5.51. The van der Waals surface area contributed by atoms with Crippen LogP contribution in [-0.2, 0) is 16.6 Å². The summed E-state index contributed by atoms with van der Waals surface area (Å²) in [6, 6.07) is 5.74. The Morgan fingerprint density at radius 2 is 2.00 bits per heavy atom. The van der Waals surface area contributed by atoms with Gasteiger partial charge in [-0.25, -0.2) is 12.7 Å². The molecule has 0 saturated carbocycles. The fraction of sp³-hybridized carbons (Fsp3) is 0.500. The van der Waals surface area contributed by atoms with Gasteiger partial charge in [0.05, 0.1) is 12.9 Å². The second-order valence-electron chi connectivity index (χ2n) is 3.97. The maximum absolute atomic E-state index is 11.7. The van der Waals surface area contributed by atoms with Gasteiger partial charge in [0, 0.05) is 19.2 Å². The topological polar surface area (TPSA) is 46.6 Å². The van der Waals surface area contributed by atoms with Crippen molar-refractivity contribution in [3.05, 3.63) is 29.3 Å². The smallest absolute Gasteiger partial charge is 0.213 e. The lowest BCUT2D eigenvalue weighted by Crippen LogP contribution is -2.28. The molecule has 0 spiro atoms. The van der Waals surface area contributed by atoms with Crippen LogP contribution in [0.2, 0.25) is 0 Å². The fourth-order valence-electron chi connectivity index (χ4n) is 1.59. The molecule has 0 aliphatic carbocycles. The highest BCUT2D eigenvalue weighted by Crippen LogP contribution is 2.21. The third-order valence-electron chi connectivity index (χ3n) is 2.67. The summed E-state index contributed by atoms with van der Waals surface area (Å²) in [5.41, 5.74) is 1.97. The van der Waals surface area contributed by atoms with Gasteiger partial charge < -0.3 is 4.74 Å². The van der Waals surface area contributed by atoms with E-state index in [2.05, 4.69) is 0 Å². The standard InChI is InChI=1S/C12H19NO3S/c1-5-17(14,15)13(3)9-11-8-10(2)6-7-12(11)16-4/h6-8H,5,9H2,1-4H3. The molecule has 17 heavy (non-hydrogen) atoms. The van der Waals surface area contributed by atoms with E-state index in [-0.39, 0.29) is 5.75 Å². The first-order chi connectivity index (χ1) is 7.90. The quantitative estimate of drug-likeness (QED) is 0.808. The lowest BCUT2D eigenvalue weighted by Gasteiger charge is -2.18. The SMILES string of the molecule is CCS(=O)(=O)N(C)Cc1cc(C)ccc1OC. The highest BCUT2D eigenvalue weighted by Gasteiger charge is 2.17. The maximum atomic E-state index is 11.7. The number of hydrogen-bond donors (Lipinski definition) is 0. The molecule has 96 valence electrons. The number of ether oxygens (including phenoxy) is 1. The average molecular weight is 257 g/mol. The summed E-state index contributed by atoms with van der Waals surface area (Å²) in [6.45, 7) is 3.94. The van der Waals surface area contributed by atoms with Gasteiger partial charge in [-0.05, 0) is 19.9 Å². The van der Waals surface area contributed by atoms with Gasteiger partial charge in [0.2, 0.25) is 10.0 Å². The molecule has 4 nitrogen and oxygen atoms in total. The lowest BCUT2D eigenvalue weighted by molar-refractivity contribution is 0.398. The van der Waals surface area contributed by atoms with Gasteiger partial charge in [0.25, 0.3) is 0 Å². The van der Waals surface area contributed by atoms with Gasteiger partial charge in [0.15, 0.2) is 0 Å². The predicted octanol–water partition coefficient (Wildman–Crippen LogP) is 1.79. The van der Waals surface area contributed by atoms with Crippen molar-refractivity contribution in [3.63, 3.8) is 0 Å². The number of methoxy groups -OCH3 is 1. The first kappa shape index (κ1) is 14.0. The van der Waals surface area contributed by atoms with E-state index < -0.39 is 10.0 Å². The predicted molar refractivity (Wildman–Crippen MR) is 68.7 cm³/mol. The molecule has 0 aliphatic heterocycles. The zero-order chi connectivity index (χ0) is 13.1. The van der Waals surface area contributed by atoms with E-state index in [1.54, 1.807) is 21.1 Å². The highest BCUT2D eigenvalue weighted by atomic mass is 32.2. The number of rotatable bonds is 5. The van der Waals surface area contributed by atoms with Crippen LogP contribution >= 0.6 is 0 Å². The molecule has 1 aromatic rings. The summed E-state index contributed by atoms with van der Waals surface area (Å²) in [5.74, 6) is 0.825. The summed E-state index contributed by atoms with van der Waals surface area (Å²) < 4.78 is 29.9. The van der Waals surface area contributed by atoms with Crippen LogP contribution in [0, 0.1) is 6.92 Å². The van der Waals surface area contributed by atoms with Gasteiger partial charge in [0.1, 0.15) is 5.75 Å². The number of aryl methyl sites for hydroxylation is 1. The van der Waals surface area contributed by atoms with Gasteiger partial charge in [-0.2, -0.15) is 0 Å². The van der Waals surface area contributed by atoms with E-state index in [1.807, 2.05) is 25.1 Å². The summed E-state index contributed by atoms with van der Waals surface area (Å²) in [6.07, 6.45) is 0. The zero-order valence-electron chi connectivity index (χ0n) is 10.7. The fourth-order valence-corrected chi connectivity index (χ4v) is 2.37. The second-order valence-corrected chi connectivity index (χ2v) is 6.34. The Kier molecular flexibility index (Phi) is 4.54. The normalized spacial score (nSPS) is 11.8. The Hall–Kier alpha value is -1.07. The molecule has 0 heterocycles. The van der Waals surface area contributed by atoms with E-state index >= 15 is 0 Å². The third-order valence-corrected chi connectivity index (χ3v) is 4.48. The third kappa shape index (κ3) is 3.44. The molecule has 0 fully saturated rings. The van der Waals surface area contributed by atoms with Crippen molar-refractivity contribution in [2.24, 2.45) is 0 Å². The molecule has 0 N–H and O–H groups in total. The largest absolute Gasteiger partial charge is 0.496 e. The number of hydrogen-bond acceptors (Lipinski definition) is 3. The average Bonchev–Trinajstić information content (AvgIpc) is 2.29. The molecule has 0 bridgehead atoms. The monoisotopic (exact) mass is 257 g/mol. The number of nitrogens with zero attached hydrogens (tertiary/aromatic N) is 1. The van der Waals surface area contributed by atoms with Crippen molar-refractivity contribution < 1.29 is 13.2 Å². The van der Waals surface area contributed by atoms with Crippen LogP contribution in [0.15, 0.2) is 18.2 Å². The van der Waals surface area contributed by atoms with Gasteiger partial charge >= 0.3 is 0 Å². The summed E-state index contributed by atoms with van der Waals surface area (Å²) in [7, 11) is 0.0133. The Balaban J connectivity index is 2.99. The van der Waals surface area contributed by atoms with Crippen molar-refractivity contribution in [2.75, 3.05) is 19.9 Å². The molecule has 5 heteroatoms. The zero-order valence-corrected chi connectivity index (χ0v) is 11.5. The molecular weight excluding hydrogens is 238 g/mol. The summed E-state index contributed by atoms with van der Waals surface area (Å²) in [4.78, 5) is 0. The van der Waals surface area contributed by atoms with Crippen molar-refractivity contribution in [1.82, 2.24) is 4.31 Å². The van der Waals surface area contributed by atoms with E-state index in [0.29, 0.717) is 12.3 Å². The van der Waals surface area contributed by atoms with Gasteiger partial charge in [-0.3, -0.25) is 0 Å². The van der Waals surface area contributed by atoms with Crippen molar-refractivity contribution in [1.29, 1.82) is 0 Å². The van der Waals surface area contributed by atoms with E-state index in [9.17, 15) is 8.42 Å². The number of sulfonamides is 1.